The first-order valence-electron chi connectivity index (χ1n) is 9.14. The Hall–Kier alpha value is -2.41. The van der Waals surface area contributed by atoms with Crippen molar-refractivity contribution in [2.75, 3.05) is 6.61 Å². The van der Waals surface area contributed by atoms with E-state index in [4.69, 9.17) is 0 Å². The van der Waals surface area contributed by atoms with Crippen LogP contribution in [0.15, 0.2) is 42.6 Å². The summed E-state index contributed by atoms with van der Waals surface area (Å²) < 4.78 is 41.1. The van der Waals surface area contributed by atoms with Crippen LogP contribution in [0.1, 0.15) is 48.9 Å². The molecule has 1 saturated carbocycles. The number of halogens is 3. The van der Waals surface area contributed by atoms with E-state index in [1.165, 1.54) is 12.3 Å². The minimum atomic E-state index is -4.40. The first-order chi connectivity index (χ1) is 13.1. The summed E-state index contributed by atoms with van der Waals surface area (Å²) in [6.07, 6.45) is -1.04. The minimum absolute atomic E-state index is 0.0389. The number of aliphatic hydroxyl groups is 1. The normalized spacial score (nSPS) is 16.5. The molecular weight excluding hydrogens is 371 g/mol. The predicted molar refractivity (Wildman–Crippen MR) is 97.1 cm³/mol. The lowest BCUT2D eigenvalue weighted by atomic mass is 9.96. The molecule has 150 valence electrons. The maximum atomic E-state index is 12.3. The van der Waals surface area contributed by atoms with Crippen molar-refractivity contribution in [3.8, 4) is 5.75 Å². The first kappa shape index (κ1) is 20.3. The van der Waals surface area contributed by atoms with Gasteiger partial charge in [0.15, 0.2) is 6.61 Å². The maximum absolute atomic E-state index is 12.3. The van der Waals surface area contributed by atoms with Crippen LogP contribution in [0.25, 0.3) is 0 Å². The predicted octanol–water partition coefficient (Wildman–Crippen LogP) is 4.31. The topological polar surface area (TPSA) is 59.4 Å². The van der Waals surface area contributed by atoms with Crippen LogP contribution in [0, 0.1) is 0 Å². The molecule has 1 aliphatic rings. The van der Waals surface area contributed by atoms with Crippen LogP contribution in [0.5, 0.6) is 5.75 Å². The second kappa shape index (κ2) is 7.91. The number of nitrogens with zero attached hydrogens (tertiary/aromatic N) is 1. The van der Waals surface area contributed by atoms with Gasteiger partial charge in [-0.1, -0.05) is 31.2 Å². The number of alkyl halides is 3. The highest BCUT2D eigenvalue weighted by Crippen LogP contribution is 2.45. The number of benzene rings is 1. The van der Waals surface area contributed by atoms with Crippen molar-refractivity contribution in [1.82, 2.24) is 4.98 Å². The zero-order valence-electron chi connectivity index (χ0n) is 15.5. The van der Waals surface area contributed by atoms with Gasteiger partial charge in [-0.25, -0.2) is 0 Å². The molecule has 1 fully saturated rings. The Morgan fingerprint density at radius 1 is 1.21 bits per heavy atom. The van der Waals surface area contributed by atoms with Crippen molar-refractivity contribution in [3.05, 3.63) is 59.4 Å². The van der Waals surface area contributed by atoms with E-state index in [0.717, 1.165) is 24.0 Å². The van der Waals surface area contributed by atoms with Crippen molar-refractivity contribution in [1.29, 1.82) is 0 Å². The van der Waals surface area contributed by atoms with E-state index >= 15 is 0 Å². The van der Waals surface area contributed by atoms with Gasteiger partial charge in [-0.2, -0.15) is 13.2 Å². The van der Waals surface area contributed by atoms with E-state index in [0.29, 0.717) is 5.69 Å². The molecule has 7 heteroatoms. The van der Waals surface area contributed by atoms with Gasteiger partial charge in [0, 0.05) is 24.5 Å². The summed E-state index contributed by atoms with van der Waals surface area (Å²) in [5, 5.41) is 10.1. The molecule has 28 heavy (non-hydrogen) atoms. The number of carbonyl (C=O) groups excluding carboxylic acids is 1. The number of Topliss-reactive ketones (excluding diaryl/α,β-unsaturated/α-hetero) is 1. The highest BCUT2D eigenvalue weighted by molar-refractivity contribution is 5.81. The fourth-order valence-corrected chi connectivity index (χ4v) is 3.02. The molecule has 3 rings (SSSR count). The lowest BCUT2D eigenvalue weighted by Gasteiger charge is -2.13. The Kier molecular flexibility index (Phi) is 5.74. The molecular formula is C21H22F3NO3. The van der Waals surface area contributed by atoms with Crippen LogP contribution >= 0.6 is 0 Å². The number of hydrogen-bond acceptors (Lipinski definition) is 4. The molecule has 0 spiro atoms. The van der Waals surface area contributed by atoms with E-state index in [9.17, 15) is 23.1 Å². The molecule has 1 N–H and O–H groups in total. The van der Waals surface area contributed by atoms with Gasteiger partial charge in [0.2, 0.25) is 0 Å². The van der Waals surface area contributed by atoms with Crippen LogP contribution in [0.2, 0.25) is 0 Å². The highest BCUT2D eigenvalue weighted by Gasteiger charge is 2.41. The molecule has 1 aliphatic carbocycles. The molecule has 1 aromatic carbocycles. The largest absolute Gasteiger partial charge is 0.483 e. The van der Waals surface area contributed by atoms with Crippen molar-refractivity contribution < 1.29 is 27.8 Å². The number of rotatable bonds is 8. The zero-order valence-corrected chi connectivity index (χ0v) is 15.5. The molecule has 0 saturated heterocycles. The van der Waals surface area contributed by atoms with E-state index in [1.54, 1.807) is 6.07 Å². The highest BCUT2D eigenvalue weighted by atomic mass is 19.4. The summed E-state index contributed by atoms with van der Waals surface area (Å²) in [7, 11) is 0. The molecule has 2 aromatic rings. The Labute approximate surface area is 161 Å². The number of carbonyl (C=O) groups is 1. The smallest absolute Gasteiger partial charge is 0.422 e. The number of pyridine rings is 1. The first-order valence-corrected chi connectivity index (χ1v) is 9.14. The van der Waals surface area contributed by atoms with Gasteiger partial charge in [0.25, 0.3) is 0 Å². The number of hydrogen-bond donors (Lipinski definition) is 1. The third-order valence-electron chi connectivity index (χ3n) is 4.82. The Morgan fingerprint density at radius 2 is 1.89 bits per heavy atom. The van der Waals surface area contributed by atoms with Gasteiger partial charge in [-0.3, -0.25) is 9.78 Å². The van der Waals surface area contributed by atoms with Gasteiger partial charge < -0.3 is 9.84 Å². The molecule has 4 nitrogen and oxygen atoms in total. The molecule has 0 bridgehead atoms. The number of aromatic nitrogens is 1. The van der Waals surface area contributed by atoms with Gasteiger partial charge in [-0.15, -0.1) is 0 Å². The number of ketones is 1. The monoisotopic (exact) mass is 393 g/mol. The second-order valence-corrected chi connectivity index (χ2v) is 7.37. The molecule has 0 aliphatic heterocycles. The summed E-state index contributed by atoms with van der Waals surface area (Å²) in [4.78, 5) is 16.5. The molecule has 0 radical (unpaired) electrons. The lowest BCUT2D eigenvalue weighted by Crippen LogP contribution is -2.19. The SMILES string of the molecule is C[C@@H](CC(=O)Cc1ccc(C2(O)CC2)cc1)c1ccc(OCC(F)(F)F)cn1. The Morgan fingerprint density at radius 3 is 2.43 bits per heavy atom. The molecule has 1 heterocycles. The van der Waals surface area contributed by atoms with E-state index in [-0.39, 0.29) is 30.3 Å². The molecule has 1 aromatic heterocycles. The van der Waals surface area contributed by atoms with Gasteiger partial charge in [0.05, 0.1) is 11.8 Å². The van der Waals surface area contributed by atoms with E-state index in [1.807, 2.05) is 31.2 Å². The third kappa shape index (κ3) is 5.55. The zero-order chi connectivity index (χ0) is 20.4. The summed E-state index contributed by atoms with van der Waals surface area (Å²) in [6.45, 7) is 0.487. The van der Waals surface area contributed by atoms with Gasteiger partial charge in [0.1, 0.15) is 11.5 Å². The van der Waals surface area contributed by atoms with E-state index in [2.05, 4.69) is 9.72 Å². The quantitative estimate of drug-likeness (QED) is 0.726. The van der Waals surface area contributed by atoms with Gasteiger partial charge in [-0.05, 0) is 36.1 Å². The average Bonchev–Trinajstić information content (AvgIpc) is 3.39. The fraction of sp³-hybridized carbons (Fsp3) is 0.429. The summed E-state index contributed by atoms with van der Waals surface area (Å²) in [5.74, 6) is -0.0720. The average molecular weight is 393 g/mol. The van der Waals surface area contributed by atoms with Crippen LogP contribution in [-0.2, 0) is 16.8 Å². The Balaban J connectivity index is 1.51. The fourth-order valence-electron chi connectivity index (χ4n) is 3.02. The van der Waals surface area contributed by atoms with Crippen LogP contribution in [0.4, 0.5) is 13.2 Å². The standard InChI is InChI=1S/C21H22F3NO3/c1-14(19-7-6-18(12-25-19)28-13-21(22,23)24)10-17(26)11-15-2-4-16(5-3-15)20(27)8-9-20/h2-7,12,14,27H,8-11,13H2,1H3/t14-/m0/s1. The summed E-state index contributed by atoms with van der Waals surface area (Å²) in [6, 6.07) is 10.4. The number of ether oxygens (including phenoxy) is 1. The third-order valence-corrected chi connectivity index (χ3v) is 4.82. The summed E-state index contributed by atoms with van der Waals surface area (Å²) >= 11 is 0. The maximum Gasteiger partial charge on any atom is 0.422 e. The van der Waals surface area contributed by atoms with Crippen LogP contribution < -0.4 is 4.74 Å². The lowest BCUT2D eigenvalue weighted by molar-refractivity contribution is -0.153. The molecule has 1 atom stereocenters. The van der Waals surface area contributed by atoms with Gasteiger partial charge >= 0.3 is 6.18 Å². The Bertz CT molecular complexity index is 812. The van der Waals surface area contributed by atoms with E-state index < -0.39 is 18.4 Å². The van der Waals surface area contributed by atoms with Crippen molar-refractivity contribution >= 4 is 5.78 Å². The van der Waals surface area contributed by atoms with Crippen molar-refractivity contribution in [2.24, 2.45) is 0 Å². The van der Waals surface area contributed by atoms with Crippen LogP contribution in [-0.4, -0.2) is 28.7 Å². The molecule has 0 unspecified atom stereocenters. The second-order valence-electron chi connectivity index (χ2n) is 7.37. The van der Waals surface area contributed by atoms with Crippen molar-refractivity contribution in [2.45, 2.75) is 50.3 Å². The van der Waals surface area contributed by atoms with Crippen molar-refractivity contribution in [3.63, 3.8) is 0 Å². The minimum Gasteiger partial charge on any atom is -0.483 e. The molecule has 0 amide bonds. The summed E-state index contributed by atoms with van der Waals surface area (Å²) in [5.41, 5.74) is 1.71. The van der Waals surface area contributed by atoms with Crippen LogP contribution in [0.3, 0.4) is 0 Å².